The van der Waals surface area contributed by atoms with Gasteiger partial charge in [0.2, 0.25) is 10.0 Å². The molecular formula is C18H26N2O4S. The van der Waals surface area contributed by atoms with Crippen LogP contribution in [0.15, 0.2) is 29.2 Å². The molecule has 1 heterocycles. The smallest absolute Gasteiger partial charge is 0.253 e. The molecule has 7 heteroatoms. The molecule has 25 heavy (non-hydrogen) atoms. The zero-order chi connectivity index (χ0) is 17.9. The van der Waals surface area contributed by atoms with Crippen molar-refractivity contribution in [2.75, 3.05) is 20.2 Å². The maximum atomic E-state index is 12.6. The Hall–Kier alpha value is -1.44. The number of hydrogen-bond donors (Lipinski definition) is 1. The molecule has 1 saturated carbocycles. The third-order valence-electron chi connectivity index (χ3n) is 4.92. The predicted molar refractivity (Wildman–Crippen MR) is 95.0 cm³/mol. The van der Waals surface area contributed by atoms with Gasteiger partial charge in [0.1, 0.15) is 0 Å². The fourth-order valence-electron chi connectivity index (χ4n) is 3.17. The van der Waals surface area contributed by atoms with E-state index >= 15 is 0 Å². The lowest BCUT2D eigenvalue weighted by molar-refractivity contribution is -0.000192. The van der Waals surface area contributed by atoms with E-state index in [1.165, 1.54) is 12.1 Å². The Kier molecular flexibility index (Phi) is 5.76. The lowest BCUT2D eigenvalue weighted by atomic mass is 9.94. The van der Waals surface area contributed by atoms with Gasteiger partial charge < -0.3 is 9.64 Å². The lowest BCUT2D eigenvalue weighted by Gasteiger charge is -2.28. The van der Waals surface area contributed by atoms with Gasteiger partial charge in [-0.3, -0.25) is 4.79 Å². The summed E-state index contributed by atoms with van der Waals surface area (Å²) in [4.78, 5) is 14.4. The first-order valence-corrected chi connectivity index (χ1v) is 10.4. The number of ether oxygens (including phenoxy) is 1. The molecule has 1 aliphatic heterocycles. The van der Waals surface area contributed by atoms with E-state index in [2.05, 4.69) is 4.72 Å². The van der Waals surface area contributed by atoms with Gasteiger partial charge >= 0.3 is 0 Å². The molecule has 138 valence electrons. The van der Waals surface area contributed by atoms with Crippen molar-refractivity contribution in [3.8, 4) is 0 Å². The number of nitrogens with one attached hydrogen (secondary N) is 1. The standard InChI is InChI=1S/C18H26N2O4S/c1-20(13-16-9-2-3-11-24-16)18(21)14-6-4-10-17(12-14)25(22,23)19-15-7-5-8-15/h4,6,10,12,15-16,19H,2-3,5,7-9,11,13H2,1H3. The van der Waals surface area contributed by atoms with Crippen LogP contribution >= 0.6 is 0 Å². The third kappa shape index (κ3) is 4.59. The van der Waals surface area contributed by atoms with Crippen molar-refractivity contribution in [1.82, 2.24) is 9.62 Å². The number of nitrogens with zero attached hydrogens (tertiary/aromatic N) is 1. The first kappa shape index (κ1) is 18.4. The van der Waals surface area contributed by atoms with Crippen molar-refractivity contribution < 1.29 is 17.9 Å². The Balaban J connectivity index is 1.68. The molecule has 1 aromatic rings. The number of carbonyl (C=O) groups is 1. The van der Waals surface area contributed by atoms with Gasteiger partial charge in [-0.15, -0.1) is 0 Å². The fraction of sp³-hybridized carbons (Fsp3) is 0.611. The molecule has 1 aliphatic carbocycles. The normalized spacial score (nSPS) is 21.6. The number of rotatable bonds is 6. The van der Waals surface area contributed by atoms with E-state index in [0.29, 0.717) is 12.1 Å². The van der Waals surface area contributed by atoms with Crippen LogP contribution in [0.1, 0.15) is 48.9 Å². The SMILES string of the molecule is CN(CC1CCCCO1)C(=O)c1cccc(S(=O)(=O)NC2CCC2)c1. The molecule has 0 aromatic heterocycles. The molecule has 1 atom stereocenters. The molecule has 1 aromatic carbocycles. The average Bonchev–Trinajstić information content (AvgIpc) is 2.58. The molecule has 1 saturated heterocycles. The van der Waals surface area contributed by atoms with Gasteiger partial charge in [0.15, 0.2) is 0 Å². The van der Waals surface area contributed by atoms with Crippen molar-refractivity contribution in [2.45, 2.75) is 55.6 Å². The van der Waals surface area contributed by atoms with Gasteiger partial charge in [0.25, 0.3) is 5.91 Å². The minimum atomic E-state index is -3.57. The van der Waals surface area contributed by atoms with Crippen LogP contribution in [0.2, 0.25) is 0 Å². The van der Waals surface area contributed by atoms with Crippen molar-refractivity contribution in [2.24, 2.45) is 0 Å². The molecule has 2 aliphatic rings. The molecule has 1 unspecified atom stereocenters. The number of benzene rings is 1. The number of carbonyl (C=O) groups excluding carboxylic acids is 1. The van der Waals surface area contributed by atoms with Gasteiger partial charge in [-0.1, -0.05) is 12.5 Å². The summed E-state index contributed by atoms with van der Waals surface area (Å²) in [6.07, 6.45) is 6.02. The van der Waals surface area contributed by atoms with Gasteiger partial charge in [-0.05, 0) is 50.3 Å². The first-order chi connectivity index (χ1) is 12.0. The summed E-state index contributed by atoms with van der Waals surface area (Å²) < 4.78 is 33.3. The van der Waals surface area contributed by atoms with Gasteiger partial charge in [0, 0.05) is 31.8 Å². The van der Waals surface area contributed by atoms with Crippen LogP contribution in [0.25, 0.3) is 0 Å². The zero-order valence-electron chi connectivity index (χ0n) is 14.6. The number of sulfonamides is 1. The van der Waals surface area contributed by atoms with Crippen molar-refractivity contribution >= 4 is 15.9 Å². The molecule has 3 rings (SSSR count). The Morgan fingerprint density at radius 1 is 1.24 bits per heavy atom. The topological polar surface area (TPSA) is 75.7 Å². The van der Waals surface area contributed by atoms with Crippen LogP contribution in [0, 0.1) is 0 Å². The fourth-order valence-corrected chi connectivity index (χ4v) is 4.52. The summed E-state index contributed by atoms with van der Waals surface area (Å²) in [6.45, 7) is 1.27. The van der Waals surface area contributed by atoms with E-state index in [0.717, 1.165) is 45.1 Å². The second kappa shape index (κ2) is 7.85. The molecule has 0 bridgehead atoms. The average molecular weight is 366 g/mol. The Morgan fingerprint density at radius 3 is 2.68 bits per heavy atom. The van der Waals surface area contributed by atoms with E-state index in [-0.39, 0.29) is 22.9 Å². The van der Waals surface area contributed by atoms with Crippen LogP contribution in [0.4, 0.5) is 0 Å². The molecule has 1 amide bonds. The highest BCUT2D eigenvalue weighted by atomic mass is 32.2. The Labute approximate surface area is 149 Å². The Morgan fingerprint density at radius 2 is 2.04 bits per heavy atom. The van der Waals surface area contributed by atoms with Crippen LogP contribution in [0.3, 0.4) is 0 Å². The number of amides is 1. The van der Waals surface area contributed by atoms with E-state index in [4.69, 9.17) is 4.74 Å². The van der Waals surface area contributed by atoms with Crippen LogP contribution in [-0.2, 0) is 14.8 Å². The molecule has 0 spiro atoms. The van der Waals surface area contributed by atoms with Crippen molar-refractivity contribution in [3.05, 3.63) is 29.8 Å². The van der Waals surface area contributed by atoms with Gasteiger partial charge in [-0.25, -0.2) is 13.1 Å². The monoisotopic (exact) mass is 366 g/mol. The maximum Gasteiger partial charge on any atom is 0.253 e. The summed E-state index contributed by atoms with van der Waals surface area (Å²) in [5.41, 5.74) is 0.384. The highest BCUT2D eigenvalue weighted by Gasteiger charge is 2.26. The second-order valence-corrected chi connectivity index (χ2v) is 8.67. The lowest BCUT2D eigenvalue weighted by Crippen LogP contribution is -2.39. The quantitative estimate of drug-likeness (QED) is 0.837. The van der Waals surface area contributed by atoms with Crippen LogP contribution in [-0.4, -0.2) is 51.6 Å². The summed E-state index contributed by atoms with van der Waals surface area (Å²) in [7, 11) is -1.84. The Bertz CT molecular complexity index is 710. The molecule has 1 N–H and O–H groups in total. The minimum absolute atomic E-state index is 0.0236. The third-order valence-corrected chi connectivity index (χ3v) is 6.43. The summed E-state index contributed by atoms with van der Waals surface area (Å²) in [5.74, 6) is -0.185. The van der Waals surface area contributed by atoms with E-state index in [9.17, 15) is 13.2 Å². The minimum Gasteiger partial charge on any atom is -0.376 e. The zero-order valence-corrected chi connectivity index (χ0v) is 15.4. The van der Waals surface area contributed by atoms with Crippen LogP contribution in [0.5, 0.6) is 0 Å². The summed E-state index contributed by atoms with van der Waals surface area (Å²) >= 11 is 0. The van der Waals surface area contributed by atoms with Gasteiger partial charge in [-0.2, -0.15) is 0 Å². The largest absolute Gasteiger partial charge is 0.376 e. The predicted octanol–water partition coefficient (Wildman–Crippen LogP) is 2.16. The molecule has 0 radical (unpaired) electrons. The second-order valence-electron chi connectivity index (χ2n) is 6.95. The number of hydrogen-bond acceptors (Lipinski definition) is 4. The highest BCUT2D eigenvalue weighted by molar-refractivity contribution is 7.89. The first-order valence-electron chi connectivity index (χ1n) is 8.95. The molecular weight excluding hydrogens is 340 g/mol. The summed E-state index contributed by atoms with van der Waals surface area (Å²) in [6, 6.07) is 6.29. The molecule has 2 fully saturated rings. The summed E-state index contributed by atoms with van der Waals surface area (Å²) in [5, 5.41) is 0. The van der Waals surface area contributed by atoms with Crippen LogP contribution < -0.4 is 4.72 Å². The van der Waals surface area contributed by atoms with Gasteiger partial charge in [0.05, 0.1) is 11.0 Å². The van der Waals surface area contributed by atoms with Crippen molar-refractivity contribution in [3.63, 3.8) is 0 Å². The highest BCUT2D eigenvalue weighted by Crippen LogP contribution is 2.22. The number of likely N-dealkylation sites (N-methyl/N-ethyl adjacent to an activating group) is 1. The maximum absolute atomic E-state index is 12.6. The van der Waals surface area contributed by atoms with E-state index < -0.39 is 10.0 Å². The molecule has 6 nitrogen and oxygen atoms in total. The van der Waals surface area contributed by atoms with Crippen molar-refractivity contribution in [1.29, 1.82) is 0 Å². The van der Waals surface area contributed by atoms with E-state index in [1.54, 1.807) is 24.1 Å². The van der Waals surface area contributed by atoms with E-state index in [1.807, 2.05) is 0 Å².